The molecule has 0 bridgehead atoms. The smallest absolute Gasteiger partial charge is 0.380 e. The summed E-state index contributed by atoms with van der Waals surface area (Å²) in [6, 6.07) is 3.09. The van der Waals surface area contributed by atoms with E-state index >= 15 is 0 Å². The normalized spacial score (nSPS) is 27.9. The second kappa shape index (κ2) is 7.44. The molecule has 2 rings (SSSR count). The van der Waals surface area contributed by atoms with Crippen LogP contribution in [-0.4, -0.2) is 48.2 Å². The molecule has 0 aromatic carbocycles. The Morgan fingerprint density at radius 3 is 2.74 bits per heavy atom. The molecule has 128 valence electrons. The molecule has 1 unspecified atom stereocenters. The van der Waals surface area contributed by atoms with Gasteiger partial charge in [-0.2, -0.15) is 4.57 Å². The highest BCUT2D eigenvalue weighted by molar-refractivity contribution is 8.05. The molecule has 11 heteroatoms. The molecule has 1 fully saturated rings. The number of hydrogen-bond donors (Lipinski definition) is 2. The molecule has 0 saturated carbocycles. The van der Waals surface area contributed by atoms with E-state index in [9.17, 15) is 19.6 Å². The predicted octanol–water partition coefficient (Wildman–Crippen LogP) is 0.982. The van der Waals surface area contributed by atoms with Crippen molar-refractivity contribution < 1.29 is 38.1 Å². The summed E-state index contributed by atoms with van der Waals surface area (Å²) in [5, 5.41) is 20.1. The Morgan fingerprint density at radius 1 is 1.43 bits per heavy atom. The van der Waals surface area contributed by atoms with Gasteiger partial charge < -0.3 is 24.2 Å². The molecule has 1 aliphatic heterocycles. The van der Waals surface area contributed by atoms with Gasteiger partial charge in [-0.15, -0.1) is 0 Å². The van der Waals surface area contributed by atoms with Gasteiger partial charge in [-0.1, -0.05) is 0 Å². The van der Waals surface area contributed by atoms with Crippen molar-refractivity contribution >= 4 is 34.5 Å². The summed E-state index contributed by atoms with van der Waals surface area (Å²) in [6.45, 7) is -0.365. The van der Waals surface area contributed by atoms with Crippen LogP contribution in [0.4, 0.5) is 0 Å². The van der Waals surface area contributed by atoms with Gasteiger partial charge in [-0.3, -0.25) is 4.57 Å². The third-order valence-electron chi connectivity index (χ3n) is 3.26. The van der Waals surface area contributed by atoms with Crippen molar-refractivity contribution in [2.75, 3.05) is 13.7 Å². The van der Waals surface area contributed by atoms with Crippen LogP contribution in [0.3, 0.4) is 0 Å². The molecule has 0 aliphatic carbocycles. The maximum absolute atomic E-state index is 11.5. The summed E-state index contributed by atoms with van der Waals surface area (Å²) < 4.78 is 27.3. The fourth-order valence-corrected chi connectivity index (χ4v) is 2.82. The molecule has 1 aromatic heterocycles. The molecule has 1 aromatic rings. The first kappa shape index (κ1) is 18.6. The molecule has 2 N–H and O–H groups in total. The minimum atomic E-state index is -3.78. The van der Waals surface area contributed by atoms with E-state index in [2.05, 4.69) is 4.74 Å². The van der Waals surface area contributed by atoms with Gasteiger partial charge in [0.15, 0.2) is 18.5 Å². The zero-order chi connectivity index (χ0) is 17.2. The summed E-state index contributed by atoms with van der Waals surface area (Å²) >= 11 is 10.5. The molecule has 2 heterocycles. The van der Waals surface area contributed by atoms with Gasteiger partial charge in [0.2, 0.25) is 0 Å². The Labute approximate surface area is 141 Å². The summed E-state index contributed by atoms with van der Waals surface area (Å²) in [4.78, 5) is 11.5. The lowest BCUT2D eigenvalue weighted by atomic mass is 10.1. The van der Waals surface area contributed by atoms with Crippen LogP contribution in [0.1, 0.15) is 16.6 Å². The van der Waals surface area contributed by atoms with E-state index in [0.717, 1.165) is 0 Å². The molecular weight excluding hydrogens is 372 g/mol. The Morgan fingerprint density at radius 2 is 2.13 bits per heavy atom. The van der Waals surface area contributed by atoms with Crippen LogP contribution in [0.15, 0.2) is 24.5 Å². The Balaban J connectivity index is 2.14. The zero-order valence-corrected chi connectivity index (χ0v) is 14.3. The number of aliphatic hydroxyl groups excluding tert-OH is 2. The maximum Gasteiger partial charge on any atom is 0.380 e. The minimum absolute atomic E-state index is 0.242. The monoisotopic (exact) mass is 386 g/mol. The molecule has 0 spiro atoms. The van der Waals surface area contributed by atoms with Crippen molar-refractivity contribution in [2.24, 2.45) is 0 Å². The van der Waals surface area contributed by atoms with Gasteiger partial charge >= 0.3 is 12.0 Å². The fourth-order valence-electron chi connectivity index (χ4n) is 2.16. The summed E-state index contributed by atoms with van der Waals surface area (Å²) in [7, 11) is 1.24. The number of esters is 1. The average molecular weight is 387 g/mol. The number of rotatable bonds is 5. The Kier molecular flexibility index (Phi) is 6.02. The second-order valence-corrected chi connectivity index (χ2v) is 9.06. The van der Waals surface area contributed by atoms with Crippen LogP contribution in [0.5, 0.6) is 0 Å². The molecule has 23 heavy (non-hydrogen) atoms. The molecular formula is C12H15Cl2NO7P+. The largest absolute Gasteiger partial charge is 0.465 e. The van der Waals surface area contributed by atoms with Gasteiger partial charge in [0, 0.05) is 6.07 Å². The lowest BCUT2D eigenvalue weighted by Crippen LogP contribution is -2.46. The fraction of sp³-hybridized carbons (Fsp3) is 0.500. The van der Waals surface area contributed by atoms with Crippen LogP contribution in [0.2, 0.25) is 0 Å². The molecule has 0 radical (unpaired) electrons. The molecule has 4 atom stereocenters. The van der Waals surface area contributed by atoms with Crippen LogP contribution in [-0.2, 0) is 18.6 Å². The summed E-state index contributed by atoms with van der Waals surface area (Å²) in [5.41, 5.74) is 0.242. The number of pyridine rings is 1. The van der Waals surface area contributed by atoms with E-state index in [1.165, 1.54) is 23.9 Å². The first-order valence-corrected chi connectivity index (χ1v) is 9.91. The van der Waals surface area contributed by atoms with Crippen LogP contribution in [0, 0.1) is 0 Å². The lowest BCUT2D eigenvalue weighted by molar-refractivity contribution is -0.765. The van der Waals surface area contributed by atoms with Gasteiger partial charge in [0.25, 0.3) is 6.23 Å². The SMILES string of the molecule is COC(=O)c1ccc[n+](C2O[C@H](COP(=O)(Cl)Cl)[C@@H](O)[C@H]2O)c1. The van der Waals surface area contributed by atoms with Crippen molar-refractivity contribution in [3.05, 3.63) is 30.1 Å². The molecule has 0 amide bonds. The van der Waals surface area contributed by atoms with Crippen molar-refractivity contribution in [1.82, 2.24) is 0 Å². The molecule has 1 saturated heterocycles. The van der Waals surface area contributed by atoms with E-state index in [4.69, 9.17) is 31.7 Å². The summed E-state index contributed by atoms with van der Waals surface area (Å²) in [5.74, 6) is -0.558. The van der Waals surface area contributed by atoms with E-state index in [0.29, 0.717) is 0 Å². The first-order chi connectivity index (χ1) is 10.7. The van der Waals surface area contributed by atoms with Crippen molar-refractivity contribution in [3.63, 3.8) is 0 Å². The lowest BCUT2D eigenvalue weighted by Gasteiger charge is -2.13. The first-order valence-electron chi connectivity index (χ1n) is 6.47. The number of nitrogens with zero attached hydrogens (tertiary/aromatic N) is 1. The quantitative estimate of drug-likeness (QED) is 0.441. The van der Waals surface area contributed by atoms with Gasteiger partial charge in [-0.05, 0) is 28.5 Å². The number of aromatic nitrogens is 1. The van der Waals surface area contributed by atoms with Crippen LogP contribution < -0.4 is 4.57 Å². The van der Waals surface area contributed by atoms with Gasteiger partial charge in [0.1, 0.15) is 17.8 Å². The topological polar surface area (TPSA) is 106 Å². The van der Waals surface area contributed by atoms with Crippen molar-refractivity contribution in [1.29, 1.82) is 0 Å². The number of carbonyl (C=O) groups is 1. The number of hydrogen-bond acceptors (Lipinski definition) is 7. The number of methoxy groups -OCH3 is 1. The number of halogens is 2. The van der Waals surface area contributed by atoms with Crippen LogP contribution in [0.25, 0.3) is 0 Å². The zero-order valence-electron chi connectivity index (χ0n) is 11.9. The molecule has 8 nitrogen and oxygen atoms in total. The van der Waals surface area contributed by atoms with E-state index < -0.39 is 36.6 Å². The third kappa shape index (κ3) is 4.64. The predicted molar refractivity (Wildman–Crippen MR) is 79.2 cm³/mol. The van der Waals surface area contributed by atoms with Crippen LogP contribution >= 0.6 is 28.6 Å². The molecule has 1 aliphatic rings. The van der Waals surface area contributed by atoms with Crippen molar-refractivity contribution in [2.45, 2.75) is 24.5 Å². The highest BCUT2D eigenvalue weighted by Crippen LogP contribution is 2.57. The Bertz CT molecular complexity index is 625. The van der Waals surface area contributed by atoms with E-state index in [1.807, 2.05) is 0 Å². The highest BCUT2D eigenvalue weighted by Gasteiger charge is 2.48. The average Bonchev–Trinajstić information content (AvgIpc) is 2.79. The Hall–Kier alpha value is -0.730. The number of aliphatic hydroxyl groups is 2. The standard InChI is InChI=1S/C12H15Cl2NO7P/c1-20-12(18)7-3-2-4-15(5-7)11-10(17)9(16)8(22-11)6-21-23(13,14)19/h2-5,8-11,16-17H,6H2,1H3/q+1/t8-,9-,10-,11?/m1/s1. The number of ether oxygens (including phenoxy) is 2. The van der Waals surface area contributed by atoms with Crippen molar-refractivity contribution in [3.8, 4) is 0 Å². The highest BCUT2D eigenvalue weighted by atomic mass is 35.9. The van der Waals surface area contributed by atoms with Gasteiger partial charge in [0.05, 0.1) is 13.7 Å². The minimum Gasteiger partial charge on any atom is -0.465 e. The summed E-state index contributed by atoms with van der Waals surface area (Å²) in [6.07, 6.45) is -5.40. The van der Waals surface area contributed by atoms with E-state index in [-0.39, 0.29) is 12.2 Å². The third-order valence-corrected chi connectivity index (χ3v) is 4.30. The maximum atomic E-state index is 11.5. The van der Waals surface area contributed by atoms with E-state index in [1.54, 1.807) is 12.3 Å². The van der Waals surface area contributed by atoms with Gasteiger partial charge in [-0.25, -0.2) is 4.79 Å². The number of carbonyl (C=O) groups excluding carboxylic acids is 1. The second-order valence-electron chi connectivity index (χ2n) is 4.79.